The first-order valence-corrected chi connectivity index (χ1v) is 7.52. The summed E-state index contributed by atoms with van der Waals surface area (Å²) >= 11 is 4.59. The minimum absolute atomic E-state index is 0.0193. The van der Waals surface area contributed by atoms with E-state index >= 15 is 0 Å². The van der Waals surface area contributed by atoms with E-state index in [1.807, 2.05) is 0 Å². The number of halogens is 1. The van der Waals surface area contributed by atoms with Crippen LogP contribution in [0.3, 0.4) is 0 Å². The maximum Gasteiger partial charge on any atom is 0.262 e. The molecular weight excluding hydrogens is 332 g/mol. The summed E-state index contributed by atoms with van der Waals surface area (Å²) in [4.78, 5) is 24.2. The first-order valence-electron chi connectivity index (χ1n) is 5.91. The molecule has 0 unspecified atom stereocenters. The van der Waals surface area contributed by atoms with Crippen molar-refractivity contribution in [3.8, 4) is 0 Å². The molecule has 0 fully saturated rings. The van der Waals surface area contributed by atoms with Crippen molar-refractivity contribution < 1.29 is 14.7 Å². The second kappa shape index (κ2) is 7.62. The van der Waals surface area contributed by atoms with Gasteiger partial charge in [-0.1, -0.05) is 0 Å². The molecule has 0 spiro atoms. The van der Waals surface area contributed by atoms with Crippen LogP contribution < -0.4 is 10.6 Å². The number of amides is 2. The van der Waals surface area contributed by atoms with Crippen LogP contribution in [-0.4, -0.2) is 35.6 Å². The Kier molecular flexibility index (Phi) is 6.47. The Morgan fingerprint density at radius 3 is 2.58 bits per heavy atom. The highest BCUT2D eigenvalue weighted by molar-refractivity contribution is 9.11. The van der Waals surface area contributed by atoms with Gasteiger partial charge in [-0.25, -0.2) is 0 Å². The molecule has 1 heterocycles. The molecule has 1 aromatic rings. The van der Waals surface area contributed by atoms with E-state index in [-0.39, 0.29) is 24.5 Å². The number of hydrogen-bond acceptors (Lipinski definition) is 4. The maximum absolute atomic E-state index is 11.8. The van der Waals surface area contributed by atoms with Crippen LogP contribution in [0.2, 0.25) is 0 Å². The number of aliphatic hydroxyl groups is 1. The number of nitrogens with one attached hydrogen (secondary N) is 2. The lowest BCUT2D eigenvalue weighted by molar-refractivity contribution is -0.123. The van der Waals surface area contributed by atoms with E-state index in [0.29, 0.717) is 11.3 Å². The zero-order valence-electron chi connectivity index (χ0n) is 10.8. The van der Waals surface area contributed by atoms with Crippen LogP contribution in [0.15, 0.2) is 15.9 Å². The molecule has 5 nitrogen and oxygen atoms in total. The number of hydrogen-bond donors (Lipinski definition) is 3. The van der Waals surface area contributed by atoms with E-state index in [2.05, 4.69) is 26.6 Å². The highest BCUT2D eigenvalue weighted by Gasteiger charge is 2.18. The molecule has 1 aromatic heterocycles. The van der Waals surface area contributed by atoms with Crippen molar-refractivity contribution in [2.45, 2.75) is 32.4 Å². The zero-order valence-corrected chi connectivity index (χ0v) is 13.2. The molecule has 7 heteroatoms. The van der Waals surface area contributed by atoms with Crippen molar-refractivity contribution in [1.82, 2.24) is 10.6 Å². The first-order chi connectivity index (χ1) is 8.93. The summed E-state index contributed by atoms with van der Waals surface area (Å²) in [7, 11) is 0. The van der Waals surface area contributed by atoms with E-state index in [9.17, 15) is 9.59 Å². The molecule has 0 saturated carbocycles. The SMILES string of the molecule is C[C@H](NC(=O)c1ccc(Br)s1)C(=O)N[C@@H](C)CCO. The lowest BCUT2D eigenvalue weighted by Crippen LogP contribution is -2.47. The molecule has 0 aliphatic rings. The average Bonchev–Trinajstić information content (AvgIpc) is 2.76. The molecule has 19 heavy (non-hydrogen) atoms. The third-order valence-corrected chi connectivity index (χ3v) is 4.11. The van der Waals surface area contributed by atoms with Gasteiger partial charge in [0.2, 0.25) is 5.91 Å². The molecular formula is C12H17BrN2O3S. The molecule has 0 aromatic carbocycles. The van der Waals surface area contributed by atoms with Crippen LogP contribution >= 0.6 is 27.3 Å². The fraction of sp³-hybridized carbons (Fsp3) is 0.500. The van der Waals surface area contributed by atoms with Gasteiger partial charge in [-0.2, -0.15) is 0 Å². The molecule has 0 radical (unpaired) electrons. The van der Waals surface area contributed by atoms with Crippen LogP contribution in [-0.2, 0) is 4.79 Å². The second-order valence-corrected chi connectivity index (χ2v) is 6.68. The minimum Gasteiger partial charge on any atom is -0.396 e. The van der Waals surface area contributed by atoms with Crippen LogP contribution in [0.1, 0.15) is 29.9 Å². The van der Waals surface area contributed by atoms with Gasteiger partial charge in [0.05, 0.1) is 8.66 Å². The summed E-state index contributed by atoms with van der Waals surface area (Å²) in [6, 6.07) is 2.75. The standard InChI is InChI=1S/C12H17BrN2O3S/c1-7(5-6-16)14-11(17)8(2)15-12(18)9-3-4-10(13)19-9/h3-4,7-8,16H,5-6H2,1-2H3,(H,14,17)(H,15,18)/t7-,8-/m0/s1. The predicted molar refractivity (Wildman–Crippen MR) is 78.3 cm³/mol. The van der Waals surface area contributed by atoms with Crippen molar-refractivity contribution in [1.29, 1.82) is 0 Å². The monoisotopic (exact) mass is 348 g/mol. The van der Waals surface area contributed by atoms with Gasteiger partial charge in [0.25, 0.3) is 5.91 Å². The van der Waals surface area contributed by atoms with Gasteiger partial charge in [0.15, 0.2) is 0 Å². The van der Waals surface area contributed by atoms with Gasteiger partial charge < -0.3 is 15.7 Å². The lowest BCUT2D eigenvalue weighted by atomic mass is 10.2. The van der Waals surface area contributed by atoms with Gasteiger partial charge in [-0.05, 0) is 48.3 Å². The first kappa shape index (κ1) is 16.1. The summed E-state index contributed by atoms with van der Waals surface area (Å²) < 4.78 is 0.867. The largest absolute Gasteiger partial charge is 0.396 e. The van der Waals surface area contributed by atoms with Crippen molar-refractivity contribution >= 4 is 39.1 Å². The Morgan fingerprint density at radius 2 is 2.05 bits per heavy atom. The van der Waals surface area contributed by atoms with Gasteiger partial charge in [-0.3, -0.25) is 9.59 Å². The molecule has 0 aliphatic carbocycles. The Bertz CT molecular complexity index is 450. The third kappa shape index (κ3) is 5.30. The van der Waals surface area contributed by atoms with Gasteiger partial charge in [0.1, 0.15) is 6.04 Å². The Morgan fingerprint density at radius 1 is 1.37 bits per heavy atom. The Labute approximate surface area is 124 Å². The van der Waals surface area contributed by atoms with Crippen molar-refractivity contribution in [2.24, 2.45) is 0 Å². The molecule has 0 saturated heterocycles. The maximum atomic E-state index is 11.8. The molecule has 2 amide bonds. The number of carbonyl (C=O) groups is 2. The highest BCUT2D eigenvalue weighted by Crippen LogP contribution is 2.21. The van der Waals surface area contributed by atoms with Gasteiger partial charge >= 0.3 is 0 Å². The molecule has 0 aliphatic heterocycles. The van der Waals surface area contributed by atoms with E-state index in [4.69, 9.17) is 5.11 Å². The van der Waals surface area contributed by atoms with Crippen LogP contribution in [0.5, 0.6) is 0 Å². The summed E-state index contributed by atoms with van der Waals surface area (Å²) in [5.74, 6) is -0.530. The molecule has 2 atom stereocenters. The Balaban J connectivity index is 2.47. The smallest absolute Gasteiger partial charge is 0.262 e. The number of carbonyl (C=O) groups excluding carboxylic acids is 2. The van der Waals surface area contributed by atoms with E-state index in [0.717, 1.165) is 3.79 Å². The van der Waals surface area contributed by atoms with Crippen molar-refractivity contribution in [3.63, 3.8) is 0 Å². The number of rotatable bonds is 6. The van der Waals surface area contributed by atoms with Gasteiger partial charge in [0, 0.05) is 12.6 Å². The Hall–Kier alpha value is -0.920. The molecule has 106 valence electrons. The van der Waals surface area contributed by atoms with E-state index in [1.165, 1.54) is 11.3 Å². The lowest BCUT2D eigenvalue weighted by Gasteiger charge is -2.17. The fourth-order valence-corrected chi connectivity index (χ4v) is 2.69. The summed E-state index contributed by atoms with van der Waals surface area (Å²) in [5, 5.41) is 14.1. The molecule has 0 bridgehead atoms. The second-order valence-electron chi connectivity index (χ2n) is 4.22. The normalized spacial score (nSPS) is 13.7. The molecule has 3 N–H and O–H groups in total. The molecule has 1 rings (SSSR count). The van der Waals surface area contributed by atoms with Crippen LogP contribution in [0, 0.1) is 0 Å². The number of thiophene rings is 1. The predicted octanol–water partition coefficient (Wildman–Crippen LogP) is 1.52. The van der Waals surface area contributed by atoms with E-state index in [1.54, 1.807) is 26.0 Å². The van der Waals surface area contributed by atoms with E-state index < -0.39 is 6.04 Å². The van der Waals surface area contributed by atoms with Crippen molar-refractivity contribution in [3.05, 3.63) is 20.8 Å². The minimum atomic E-state index is -0.616. The van der Waals surface area contributed by atoms with Crippen molar-refractivity contribution in [2.75, 3.05) is 6.61 Å². The summed E-state index contributed by atoms with van der Waals surface area (Å²) in [6.45, 7) is 3.45. The van der Waals surface area contributed by atoms with Crippen LogP contribution in [0.25, 0.3) is 0 Å². The fourth-order valence-electron chi connectivity index (χ4n) is 1.40. The average molecular weight is 349 g/mol. The zero-order chi connectivity index (χ0) is 14.4. The topological polar surface area (TPSA) is 78.4 Å². The summed E-state index contributed by atoms with van der Waals surface area (Å²) in [5.41, 5.74) is 0. The van der Waals surface area contributed by atoms with Crippen LogP contribution in [0.4, 0.5) is 0 Å². The quantitative estimate of drug-likeness (QED) is 0.729. The number of aliphatic hydroxyl groups excluding tert-OH is 1. The third-order valence-electron chi connectivity index (χ3n) is 2.49. The highest BCUT2D eigenvalue weighted by atomic mass is 79.9. The summed E-state index contributed by atoms with van der Waals surface area (Å²) in [6.07, 6.45) is 0.490. The van der Waals surface area contributed by atoms with Gasteiger partial charge in [-0.15, -0.1) is 11.3 Å².